The molecule has 0 aliphatic carbocycles. The average molecular weight is 284 g/mol. The molecular weight excluding hydrogens is 263 g/mol. The van der Waals surface area contributed by atoms with E-state index in [1.165, 1.54) is 11.7 Å². The van der Waals surface area contributed by atoms with Crippen LogP contribution in [0.25, 0.3) is 0 Å². The molecule has 20 heavy (non-hydrogen) atoms. The highest BCUT2D eigenvalue weighted by Gasteiger charge is 2.19. The van der Waals surface area contributed by atoms with Crippen LogP contribution in [0.2, 0.25) is 0 Å². The number of hydrogen-bond acceptors (Lipinski definition) is 3. The van der Waals surface area contributed by atoms with E-state index in [4.69, 9.17) is 0 Å². The van der Waals surface area contributed by atoms with E-state index in [0.29, 0.717) is 5.69 Å². The molecule has 0 aliphatic heterocycles. The Labute approximate surface area is 117 Å². The molecule has 112 valence electrons. The summed E-state index contributed by atoms with van der Waals surface area (Å²) in [6.07, 6.45) is 0.214. The molecule has 0 fully saturated rings. The van der Waals surface area contributed by atoms with Crippen molar-refractivity contribution in [1.82, 2.24) is 20.4 Å². The Bertz CT molecular complexity index is 497. The largest absolute Gasteiger partial charge is 0.359 e. The summed E-state index contributed by atoms with van der Waals surface area (Å²) in [5.41, 5.74) is 0.704. The number of aromatic nitrogens is 2. The highest BCUT2D eigenvalue weighted by atomic mass is 19.1. The van der Waals surface area contributed by atoms with Crippen molar-refractivity contribution in [2.24, 2.45) is 0 Å². The van der Waals surface area contributed by atoms with Gasteiger partial charge in [-0.25, -0.2) is 4.39 Å². The first-order chi connectivity index (χ1) is 9.36. The number of hydrogen-bond donors (Lipinski definition) is 2. The first kappa shape index (κ1) is 16.1. The molecule has 1 heterocycles. The number of carbonyl (C=O) groups excluding carboxylic acids is 2. The maximum atomic E-state index is 13.9. The van der Waals surface area contributed by atoms with Crippen LogP contribution in [0.4, 0.5) is 4.39 Å². The summed E-state index contributed by atoms with van der Waals surface area (Å²) >= 11 is 0. The van der Waals surface area contributed by atoms with Gasteiger partial charge >= 0.3 is 0 Å². The van der Waals surface area contributed by atoms with Gasteiger partial charge in [-0.1, -0.05) is 13.8 Å². The van der Waals surface area contributed by atoms with Gasteiger partial charge in [-0.05, 0) is 12.8 Å². The van der Waals surface area contributed by atoms with E-state index in [1.54, 1.807) is 6.92 Å². The first-order valence-electron chi connectivity index (χ1n) is 6.56. The highest BCUT2D eigenvalue weighted by molar-refractivity contribution is 5.78. The second-order valence-corrected chi connectivity index (χ2v) is 4.87. The minimum absolute atomic E-state index is 0.0496. The van der Waals surface area contributed by atoms with E-state index < -0.39 is 0 Å². The van der Waals surface area contributed by atoms with Crippen molar-refractivity contribution in [3.63, 3.8) is 0 Å². The zero-order valence-corrected chi connectivity index (χ0v) is 12.3. The molecule has 7 heteroatoms. The van der Waals surface area contributed by atoms with E-state index in [2.05, 4.69) is 15.7 Å². The minimum atomic E-state index is -0.363. The van der Waals surface area contributed by atoms with E-state index in [-0.39, 0.29) is 48.8 Å². The van der Waals surface area contributed by atoms with Crippen LogP contribution in [-0.4, -0.2) is 35.2 Å². The Hall–Kier alpha value is -1.92. The Kier molecular flexibility index (Phi) is 5.66. The molecule has 0 saturated carbocycles. The molecule has 0 unspecified atom stereocenters. The van der Waals surface area contributed by atoms with Crippen LogP contribution >= 0.6 is 0 Å². The number of aryl methyl sites for hydroxylation is 1. The zero-order chi connectivity index (χ0) is 15.3. The van der Waals surface area contributed by atoms with Gasteiger partial charge in [0.15, 0.2) is 5.82 Å². The van der Waals surface area contributed by atoms with Gasteiger partial charge in [0, 0.05) is 20.0 Å². The summed E-state index contributed by atoms with van der Waals surface area (Å²) in [6.45, 7) is 5.46. The fraction of sp³-hybridized carbons (Fsp3) is 0.615. The summed E-state index contributed by atoms with van der Waals surface area (Å²) in [7, 11) is 1.54. The van der Waals surface area contributed by atoms with Crippen LogP contribution in [0.3, 0.4) is 0 Å². The summed E-state index contributed by atoms with van der Waals surface area (Å²) in [4.78, 5) is 22.8. The Morgan fingerprint density at radius 2 is 2.00 bits per heavy atom. The van der Waals surface area contributed by atoms with Crippen molar-refractivity contribution in [2.45, 2.75) is 39.7 Å². The van der Waals surface area contributed by atoms with Gasteiger partial charge in [0.05, 0.1) is 11.4 Å². The van der Waals surface area contributed by atoms with E-state index in [0.717, 1.165) is 0 Å². The zero-order valence-electron chi connectivity index (χ0n) is 12.3. The fourth-order valence-electron chi connectivity index (χ4n) is 1.88. The van der Waals surface area contributed by atoms with Gasteiger partial charge in [0.2, 0.25) is 11.8 Å². The molecule has 1 rings (SSSR count). The second kappa shape index (κ2) is 7.02. The standard InChI is InChI=1S/C13H21FN4O2/c1-8(2)13-12(14)9(3)17-18(13)7-11(20)16-6-5-10(19)15-4/h8H,5-7H2,1-4H3,(H,15,19)(H,16,20). The van der Waals surface area contributed by atoms with Crippen molar-refractivity contribution >= 4 is 11.8 Å². The molecule has 2 amide bonds. The lowest BCUT2D eigenvalue weighted by Gasteiger charge is -2.10. The van der Waals surface area contributed by atoms with E-state index in [9.17, 15) is 14.0 Å². The quantitative estimate of drug-likeness (QED) is 0.807. The minimum Gasteiger partial charge on any atom is -0.359 e. The molecule has 1 aromatic rings. The molecular formula is C13H21FN4O2. The van der Waals surface area contributed by atoms with Crippen molar-refractivity contribution in [1.29, 1.82) is 0 Å². The lowest BCUT2D eigenvalue weighted by Crippen LogP contribution is -2.32. The molecule has 6 nitrogen and oxygen atoms in total. The topological polar surface area (TPSA) is 76.0 Å². The maximum Gasteiger partial charge on any atom is 0.241 e. The van der Waals surface area contributed by atoms with Gasteiger partial charge in [-0.3, -0.25) is 14.3 Å². The fourth-order valence-corrected chi connectivity index (χ4v) is 1.88. The summed E-state index contributed by atoms with van der Waals surface area (Å²) in [5.74, 6) is -0.861. The third kappa shape index (κ3) is 4.04. The number of nitrogens with zero attached hydrogens (tertiary/aromatic N) is 2. The number of rotatable bonds is 6. The van der Waals surface area contributed by atoms with Crippen LogP contribution in [0.1, 0.15) is 37.6 Å². The number of halogens is 1. The third-order valence-electron chi connectivity index (χ3n) is 2.88. The number of nitrogens with one attached hydrogen (secondary N) is 2. The molecule has 0 spiro atoms. The smallest absolute Gasteiger partial charge is 0.241 e. The Balaban J connectivity index is 2.62. The van der Waals surface area contributed by atoms with Crippen molar-refractivity contribution in [3.8, 4) is 0 Å². The van der Waals surface area contributed by atoms with Crippen LogP contribution in [0.5, 0.6) is 0 Å². The van der Waals surface area contributed by atoms with Gasteiger partial charge in [-0.15, -0.1) is 0 Å². The lowest BCUT2D eigenvalue weighted by atomic mass is 10.1. The van der Waals surface area contributed by atoms with Crippen LogP contribution in [0.15, 0.2) is 0 Å². The molecule has 2 N–H and O–H groups in total. The first-order valence-corrected chi connectivity index (χ1v) is 6.56. The molecule has 0 aromatic carbocycles. The lowest BCUT2D eigenvalue weighted by molar-refractivity contribution is -0.122. The van der Waals surface area contributed by atoms with E-state index >= 15 is 0 Å². The third-order valence-corrected chi connectivity index (χ3v) is 2.88. The van der Waals surface area contributed by atoms with Gasteiger partial charge in [0.1, 0.15) is 6.54 Å². The van der Waals surface area contributed by atoms with Crippen molar-refractivity contribution in [2.75, 3.05) is 13.6 Å². The SMILES string of the molecule is CNC(=O)CCNC(=O)Cn1nc(C)c(F)c1C(C)C. The Morgan fingerprint density at radius 3 is 2.55 bits per heavy atom. The van der Waals surface area contributed by atoms with Crippen molar-refractivity contribution < 1.29 is 14.0 Å². The number of carbonyl (C=O) groups is 2. The Morgan fingerprint density at radius 1 is 1.35 bits per heavy atom. The number of amides is 2. The van der Waals surface area contributed by atoms with Crippen LogP contribution in [-0.2, 0) is 16.1 Å². The van der Waals surface area contributed by atoms with E-state index in [1.807, 2.05) is 13.8 Å². The summed E-state index contributed by atoms with van der Waals surface area (Å²) in [5, 5.41) is 9.11. The monoisotopic (exact) mass is 284 g/mol. The highest BCUT2D eigenvalue weighted by Crippen LogP contribution is 2.20. The molecule has 0 bridgehead atoms. The van der Waals surface area contributed by atoms with Crippen LogP contribution in [0, 0.1) is 12.7 Å². The average Bonchev–Trinajstić information content (AvgIpc) is 2.64. The molecule has 0 aliphatic rings. The summed E-state index contributed by atoms with van der Waals surface area (Å²) in [6, 6.07) is 0. The van der Waals surface area contributed by atoms with Crippen molar-refractivity contribution in [3.05, 3.63) is 17.2 Å². The predicted octanol–water partition coefficient (Wildman–Crippen LogP) is 0.706. The normalized spacial score (nSPS) is 10.7. The molecule has 1 aromatic heterocycles. The summed E-state index contributed by atoms with van der Waals surface area (Å²) < 4.78 is 15.2. The maximum absolute atomic E-state index is 13.9. The van der Waals surface area contributed by atoms with Gasteiger partial charge in [0.25, 0.3) is 0 Å². The molecule has 0 radical (unpaired) electrons. The second-order valence-electron chi connectivity index (χ2n) is 4.87. The predicted molar refractivity (Wildman–Crippen MR) is 72.7 cm³/mol. The molecule has 0 saturated heterocycles. The van der Waals surface area contributed by atoms with Crippen LogP contribution < -0.4 is 10.6 Å². The van der Waals surface area contributed by atoms with Gasteiger partial charge in [-0.2, -0.15) is 5.10 Å². The van der Waals surface area contributed by atoms with Gasteiger partial charge < -0.3 is 10.6 Å². The molecule has 0 atom stereocenters.